The summed E-state index contributed by atoms with van der Waals surface area (Å²) in [6.45, 7) is 1.79. The number of anilines is 1. The second-order valence-corrected chi connectivity index (χ2v) is 4.87. The molecule has 1 unspecified atom stereocenters. The highest BCUT2D eigenvalue weighted by Gasteiger charge is 2.31. The lowest BCUT2D eigenvalue weighted by molar-refractivity contribution is -0.129. The zero-order valence-electron chi connectivity index (χ0n) is 9.88. The molecule has 0 aromatic carbocycles. The van der Waals surface area contributed by atoms with Gasteiger partial charge in [-0.3, -0.25) is 4.79 Å². The average Bonchev–Trinajstić information content (AvgIpc) is 2.82. The van der Waals surface area contributed by atoms with Crippen molar-refractivity contribution in [3.63, 3.8) is 0 Å². The van der Waals surface area contributed by atoms with Crippen molar-refractivity contribution in [2.75, 3.05) is 5.32 Å². The summed E-state index contributed by atoms with van der Waals surface area (Å²) in [5.74, 6) is -1.26. The van der Waals surface area contributed by atoms with Crippen LogP contribution in [0, 0.1) is 6.92 Å². The molecule has 1 aromatic rings. The Balaban J connectivity index is 2.01. The number of nitrogens with zero attached hydrogens (tertiary/aromatic N) is 2. The summed E-state index contributed by atoms with van der Waals surface area (Å²) in [4.78, 5) is 31.4. The summed E-state index contributed by atoms with van der Waals surface area (Å²) in [7, 11) is 0. The lowest BCUT2D eigenvalue weighted by Gasteiger charge is -2.10. The highest BCUT2D eigenvalue weighted by molar-refractivity contribution is 9.10. The van der Waals surface area contributed by atoms with Gasteiger partial charge < -0.3 is 15.3 Å². The maximum Gasteiger partial charge on any atom is 0.353 e. The van der Waals surface area contributed by atoms with E-state index < -0.39 is 18.0 Å². The van der Waals surface area contributed by atoms with Gasteiger partial charge in [0.2, 0.25) is 6.10 Å². The van der Waals surface area contributed by atoms with Crippen molar-refractivity contribution >= 4 is 39.3 Å². The van der Waals surface area contributed by atoms with Crippen LogP contribution in [0.25, 0.3) is 0 Å². The fourth-order valence-corrected chi connectivity index (χ4v) is 1.96. The van der Waals surface area contributed by atoms with Crippen molar-refractivity contribution in [1.29, 1.82) is 0 Å². The molecule has 0 bridgehead atoms. The SMILES string of the molecule is Cc1cc(Br)cnc1NC(=O)C1CC(C(=O)O)=NO1. The molecule has 1 aliphatic rings. The lowest BCUT2D eigenvalue weighted by Crippen LogP contribution is -2.29. The molecule has 1 aromatic heterocycles. The number of carboxylic acid groups (broad SMARTS) is 1. The minimum Gasteiger partial charge on any atom is -0.477 e. The Bertz CT molecular complexity index is 573. The van der Waals surface area contributed by atoms with Gasteiger partial charge in [-0.2, -0.15) is 0 Å². The van der Waals surface area contributed by atoms with Gasteiger partial charge in [0.1, 0.15) is 5.82 Å². The van der Waals surface area contributed by atoms with E-state index in [0.29, 0.717) is 5.82 Å². The molecule has 100 valence electrons. The number of aryl methyl sites for hydroxylation is 1. The van der Waals surface area contributed by atoms with Gasteiger partial charge >= 0.3 is 5.97 Å². The second-order valence-electron chi connectivity index (χ2n) is 3.95. The molecule has 0 fully saturated rings. The molecule has 2 N–H and O–H groups in total. The van der Waals surface area contributed by atoms with Crippen molar-refractivity contribution in [2.45, 2.75) is 19.4 Å². The number of rotatable bonds is 3. The number of carboxylic acids is 1. The number of oxime groups is 1. The summed E-state index contributed by atoms with van der Waals surface area (Å²) >= 11 is 3.27. The molecule has 0 saturated heterocycles. The molecule has 8 heteroatoms. The van der Waals surface area contributed by atoms with Gasteiger partial charge in [0.05, 0.1) is 0 Å². The smallest absolute Gasteiger partial charge is 0.353 e. The number of amides is 1. The number of carbonyl (C=O) groups is 2. The highest BCUT2D eigenvalue weighted by Crippen LogP contribution is 2.18. The average molecular weight is 328 g/mol. The number of halogens is 1. The van der Waals surface area contributed by atoms with Crippen molar-refractivity contribution in [3.05, 3.63) is 22.3 Å². The Kier molecular flexibility index (Phi) is 3.79. The minimum absolute atomic E-state index is 0.0588. The van der Waals surface area contributed by atoms with Crippen LogP contribution in [0.4, 0.5) is 5.82 Å². The Morgan fingerprint density at radius 3 is 2.89 bits per heavy atom. The van der Waals surface area contributed by atoms with E-state index in [1.54, 1.807) is 19.2 Å². The maximum absolute atomic E-state index is 11.9. The number of carbonyl (C=O) groups excluding carboxylic acids is 1. The number of aliphatic carboxylic acids is 1. The molecule has 0 saturated carbocycles. The predicted octanol–water partition coefficient (Wildman–Crippen LogP) is 1.32. The number of aromatic nitrogens is 1. The molecular formula is C11H10BrN3O4. The van der Waals surface area contributed by atoms with Gasteiger partial charge in [-0.05, 0) is 34.5 Å². The lowest BCUT2D eigenvalue weighted by atomic mass is 10.1. The molecule has 1 atom stereocenters. The van der Waals surface area contributed by atoms with E-state index in [2.05, 4.69) is 31.4 Å². The summed E-state index contributed by atoms with van der Waals surface area (Å²) in [5, 5.41) is 14.6. The van der Waals surface area contributed by atoms with Gasteiger partial charge in [0, 0.05) is 17.1 Å². The maximum atomic E-state index is 11.9. The first kappa shape index (κ1) is 13.5. The third-order valence-electron chi connectivity index (χ3n) is 2.49. The van der Waals surface area contributed by atoms with Crippen molar-refractivity contribution < 1.29 is 19.5 Å². The van der Waals surface area contributed by atoms with Gasteiger partial charge in [-0.15, -0.1) is 0 Å². The quantitative estimate of drug-likeness (QED) is 0.871. The van der Waals surface area contributed by atoms with Crippen LogP contribution in [0.3, 0.4) is 0 Å². The third-order valence-corrected chi connectivity index (χ3v) is 2.93. The normalized spacial score (nSPS) is 17.6. The van der Waals surface area contributed by atoms with E-state index in [0.717, 1.165) is 10.0 Å². The van der Waals surface area contributed by atoms with Gasteiger partial charge in [0.15, 0.2) is 5.71 Å². The number of nitrogens with one attached hydrogen (secondary N) is 1. The molecule has 1 aliphatic heterocycles. The predicted molar refractivity (Wildman–Crippen MR) is 69.9 cm³/mol. The zero-order valence-corrected chi connectivity index (χ0v) is 11.5. The van der Waals surface area contributed by atoms with E-state index in [1.807, 2.05) is 0 Å². The summed E-state index contributed by atoms with van der Waals surface area (Å²) in [5.41, 5.74) is 0.612. The van der Waals surface area contributed by atoms with Crippen LogP contribution in [0.1, 0.15) is 12.0 Å². The van der Waals surface area contributed by atoms with Crippen LogP contribution < -0.4 is 5.32 Å². The summed E-state index contributed by atoms with van der Waals surface area (Å²) in [6, 6.07) is 1.80. The largest absolute Gasteiger partial charge is 0.477 e. The van der Waals surface area contributed by atoms with Gasteiger partial charge in [-0.1, -0.05) is 5.16 Å². The highest BCUT2D eigenvalue weighted by atomic mass is 79.9. The molecular weight excluding hydrogens is 318 g/mol. The fourth-order valence-electron chi connectivity index (χ4n) is 1.51. The van der Waals surface area contributed by atoms with E-state index in [9.17, 15) is 9.59 Å². The number of pyridine rings is 1. The minimum atomic E-state index is -1.19. The Hall–Kier alpha value is -1.96. The Morgan fingerprint density at radius 1 is 1.58 bits per heavy atom. The van der Waals surface area contributed by atoms with Crippen LogP contribution in [0.15, 0.2) is 21.9 Å². The third kappa shape index (κ3) is 3.08. The van der Waals surface area contributed by atoms with Crippen LogP contribution in [-0.4, -0.2) is 33.8 Å². The summed E-state index contributed by atoms with van der Waals surface area (Å²) in [6.07, 6.45) is 0.560. The van der Waals surface area contributed by atoms with Crippen molar-refractivity contribution in [2.24, 2.45) is 5.16 Å². The van der Waals surface area contributed by atoms with Crippen molar-refractivity contribution in [3.8, 4) is 0 Å². The van der Waals surface area contributed by atoms with Crippen molar-refractivity contribution in [1.82, 2.24) is 4.98 Å². The standard InChI is InChI=1S/C11H10BrN3O4/c1-5-2-6(12)4-13-9(5)14-10(16)8-3-7(11(17)18)15-19-8/h2,4,8H,3H2,1H3,(H,17,18)(H,13,14,16). The number of hydrogen-bond donors (Lipinski definition) is 2. The molecule has 0 spiro atoms. The fraction of sp³-hybridized carbons (Fsp3) is 0.273. The molecule has 7 nitrogen and oxygen atoms in total. The van der Waals surface area contributed by atoms with Crippen LogP contribution >= 0.6 is 15.9 Å². The molecule has 0 aliphatic carbocycles. The monoisotopic (exact) mass is 327 g/mol. The summed E-state index contributed by atoms with van der Waals surface area (Å²) < 4.78 is 0.802. The van der Waals surface area contributed by atoms with Crippen LogP contribution in [0.2, 0.25) is 0 Å². The van der Waals surface area contributed by atoms with E-state index in [4.69, 9.17) is 9.94 Å². The zero-order chi connectivity index (χ0) is 14.0. The van der Waals surface area contributed by atoms with Gasteiger partial charge in [-0.25, -0.2) is 9.78 Å². The molecule has 1 amide bonds. The topological polar surface area (TPSA) is 101 Å². The first-order valence-corrected chi connectivity index (χ1v) is 6.15. The van der Waals surface area contributed by atoms with Gasteiger partial charge in [0.25, 0.3) is 5.91 Å². The van der Waals surface area contributed by atoms with E-state index in [-0.39, 0.29) is 12.1 Å². The Labute approximate surface area is 116 Å². The molecule has 19 heavy (non-hydrogen) atoms. The van der Waals surface area contributed by atoms with Crippen LogP contribution in [-0.2, 0) is 14.4 Å². The van der Waals surface area contributed by atoms with E-state index in [1.165, 1.54) is 0 Å². The molecule has 2 heterocycles. The Morgan fingerprint density at radius 2 is 2.32 bits per heavy atom. The second kappa shape index (κ2) is 5.35. The molecule has 0 radical (unpaired) electrons. The van der Waals surface area contributed by atoms with Crippen LogP contribution in [0.5, 0.6) is 0 Å². The first-order valence-electron chi connectivity index (χ1n) is 5.36. The first-order chi connectivity index (χ1) is 8.97. The molecule has 2 rings (SSSR count). The van der Waals surface area contributed by atoms with E-state index >= 15 is 0 Å². The number of hydrogen-bond acceptors (Lipinski definition) is 5.